The van der Waals surface area contributed by atoms with Crippen LogP contribution in [0.15, 0.2) is 30.6 Å². The number of aryl methyl sites for hydroxylation is 1. The molecule has 0 spiro atoms. The largest absolute Gasteiger partial charge is 0.476 e. The fourth-order valence-corrected chi connectivity index (χ4v) is 1.38. The Bertz CT molecular complexity index is 584. The first-order valence-electron chi connectivity index (χ1n) is 5.15. The first-order valence-corrected chi connectivity index (χ1v) is 5.15. The smallest absolute Gasteiger partial charge is 0.356 e. The summed E-state index contributed by atoms with van der Waals surface area (Å²) in [4.78, 5) is 18.1. The van der Waals surface area contributed by atoms with Crippen molar-refractivity contribution >= 4 is 17.5 Å². The second-order valence-corrected chi connectivity index (χ2v) is 3.70. The van der Waals surface area contributed by atoms with Crippen molar-refractivity contribution in [1.29, 1.82) is 0 Å². The molecule has 0 amide bonds. The summed E-state index contributed by atoms with van der Waals surface area (Å²) in [5.74, 6) is -1.29. The number of nitrogens with one attached hydrogen (secondary N) is 1. The van der Waals surface area contributed by atoms with Gasteiger partial charge in [0, 0.05) is 0 Å². The van der Waals surface area contributed by atoms with Crippen LogP contribution in [0.4, 0.5) is 15.9 Å². The Hall–Kier alpha value is -2.50. The Morgan fingerprint density at radius 2 is 2.11 bits per heavy atom. The number of carbonyl (C=O) groups is 1. The van der Waals surface area contributed by atoms with Gasteiger partial charge in [0.15, 0.2) is 5.69 Å². The van der Waals surface area contributed by atoms with E-state index in [2.05, 4.69) is 15.3 Å². The quantitative estimate of drug-likeness (QED) is 0.870. The minimum absolute atomic E-state index is 0.162. The lowest BCUT2D eigenvalue weighted by atomic mass is 10.2. The third kappa shape index (κ3) is 2.60. The maximum Gasteiger partial charge on any atom is 0.356 e. The number of anilines is 2. The number of carboxylic acids is 1. The Labute approximate surface area is 102 Å². The Kier molecular flexibility index (Phi) is 3.18. The van der Waals surface area contributed by atoms with Gasteiger partial charge in [0.2, 0.25) is 0 Å². The molecule has 2 aromatic rings. The molecule has 0 bridgehead atoms. The Balaban J connectivity index is 2.23. The van der Waals surface area contributed by atoms with Crippen LogP contribution in [0.5, 0.6) is 0 Å². The number of nitrogens with zero attached hydrogens (tertiary/aromatic N) is 2. The zero-order valence-electron chi connectivity index (χ0n) is 9.51. The average molecular weight is 247 g/mol. The Morgan fingerprint density at radius 1 is 1.33 bits per heavy atom. The van der Waals surface area contributed by atoms with Gasteiger partial charge in [-0.15, -0.1) is 0 Å². The lowest BCUT2D eigenvalue weighted by molar-refractivity contribution is 0.0690. The van der Waals surface area contributed by atoms with Gasteiger partial charge in [0.1, 0.15) is 11.6 Å². The standard InChI is InChI=1S/C12H10FN3O2/c1-7-2-3-8(13)9(4-7)16-11-6-14-10(5-15-11)12(17)18/h2-6H,1H3,(H,15,16)(H,17,18). The molecule has 0 aliphatic heterocycles. The van der Waals surface area contributed by atoms with E-state index < -0.39 is 11.8 Å². The minimum atomic E-state index is -1.16. The van der Waals surface area contributed by atoms with E-state index in [0.717, 1.165) is 11.8 Å². The van der Waals surface area contributed by atoms with Crippen LogP contribution >= 0.6 is 0 Å². The normalized spacial score (nSPS) is 10.1. The van der Waals surface area contributed by atoms with Gasteiger partial charge < -0.3 is 10.4 Å². The number of carboxylic acid groups (broad SMARTS) is 1. The summed E-state index contributed by atoms with van der Waals surface area (Å²) in [5, 5.41) is 11.4. The lowest BCUT2D eigenvalue weighted by Gasteiger charge is -2.07. The first-order chi connectivity index (χ1) is 8.56. The highest BCUT2D eigenvalue weighted by Gasteiger charge is 2.07. The van der Waals surface area contributed by atoms with Crippen LogP contribution in [0.1, 0.15) is 16.1 Å². The van der Waals surface area contributed by atoms with E-state index in [1.165, 1.54) is 12.3 Å². The van der Waals surface area contributed by atoms with E-state index >= 15 is 0 Å². The molecule has 5 nitrogen and oxygen atoms in total. The molecule has 0 atom stereocenters. The van der Waals surface area contributed by atoms with Gasteiger partial charge >= 0.3 is 5.97 Å². The monoisotopic (exact) mass is 247 g/mol. The lowest BCUT2D eigenvalue weighted by Crippen LogP contribution is -2.03. The summed E-state index contributed by atoms with van der Waals surface area (Å²) in [6, 6.07) is 4.62. The summed E-state index contributed by atoms with van der Waals surface area (Å²) in [5.41, 5.74) is 1.01. The highest BCUT2D eigenvalue weighted by atomic mass is 19.1. The van der Waals surface area contributed by atoms with E-state index in [9.17, 15) is 9.18 Å². The van der Waals surface area contributed by atoms with Crippen molar-refractivity contribution in [2.75, 3.05) is 5.32 Å². The molecule has 1 aromatic carbocycles. The molecular weight excluding hydrogens is 237 g/mol. The zero-order valence-corrected chi connectivity index (χ0v) is 9.51. The topological polar surface area (TPSA) is 75.1 Å². The molecule has 0 saturated heterocycles. The van der Waals surface area contributed by atoms with E-state index in [1.54, 1.807) is 12.1 Å². The number of halogens is 1. The van der Waals surface area contributed by atoms with Gasteiger partial charge in [-0.1, -0.05) is 6.07 Å². The maximum atomic E-state index is 13.5. The summed E-state index contributed by atoms with van der Waals surface area (Å²) in [6.07, 6.45) is 2.35. The van der Waals surface area contributed by atoms with Crippen LogP contribution < -0.4 is 5.32 Å². The molecule has 0 aliphatic rings. The summed E-state index contributed by atoms with van der Waals surface area (Å²) in [6.45, 7) is 1.84. The molecule has 1 aromatic heterocycles. The number of rotatable bonds is 3. The van der Waals surface area contributed by atoms with Gasteiger partial charge in [0.25, 0.3) is 0 Å². The van der Waals surface area contributed by atoms with Crippen LogP contribution in [0.25, 0.3) is 0 Å². The molecule has 6 heteroatoms. The van der Waals surface area contributed by atoms with E-state index in [0.29, 0.717) is 0 Å². The number of benzene rings is 1. The molecule has 0 fully saturated rings. The second kappa shape index (κ2) is 4.79. The van der Waals surface area contributed by atoms with Gasteiger partial charge in [-0.25, -0.2) is 19.2 Å². The average Bonchev–Trinajstić information content (AvgIpc) is 2.34. The van der Waals surface area contributed by atoms with Crippen molar-refractivity contribution in [3.8, 4) is 0 Å². The molecule has 0 radical (unpaired) electrons. The number of hydrogen-bond donors (Lipinski definition) is 2. The van der Waals surface area contributed by atoms with Crippen LogP contribution in [-0.2, 0) is 0 Å². The van der Waals surface area contributed by atoms with Gasteiger partial charge in [-0.2, -0.15) is 0 Å². The van der Waals surface area contributed by atoms with Crippen molar-refractivity contribution in [1.82, 2.24) is 9.97 Å². The van der Waals surface area contributed by atoms with Gasteiger partial charge in [-0.3, -0.25) is 0 Å². The molecule has 18 heavy (non-hydrogen) atoms. The van der Waals surface area contributed by atoms with Crippen LogP contribution in [0, 0.1) is 12.7 Å². The Morgan fingerprint density at radius 3 is 2.72 bits per heavy atom. The van der Waals surface area contributed by atoms with Crippen molar-refractivity contribution in [3.05, 3.63) is 47.7 Å². The molecule has 0 unspecified atom stereocenters. The summed E-state index contributed by atoms with van der Waals surface area (Å²) >= 11 is 0. The molecule has 92 valence electrons. The number of aromatic nitrogens is 2. The third-order valence-electron chi connectivity index (χ3n) is 2.26. The van der Waals surface area contributed by atoms with Crippen molar-refractivity contribution in [2.24, 2.45) is 0 Å². The van der Waals surface area contributed by atoms with Gasteiger partial charge in [0.05, 0.1) is 18.1 Å². The second-order valence-electron chi connectivity index (χ2n) is 3.70. The van der Waals surface area contributed by atoms with Crippen molar-refractivity contribution < 1.29 is 14.3 Å². The maximum absolute atomic E-state index is 13.5. The minimum Gasteiger partial charge on any atom is -0.476 e. The number of hydrogen-bond acceptors (Lipinski definition) is 4. The highest BCUT2D eigenvalue weighted by molar-refractivity contribution is 5.85. The highest BCUT2D eigenvalue weighted by Crippen LogP contribution is 2.19. The molecule has 2 N–H and O–H groups in total. The van der Waals surface area contributed by atoms with Crippen LogP contribution in [0.2, 0.25) is 0 Å². The van der Waals surface area contributed by atoms with Crippen molar-refractivity contribution in [3.63, 3.8) is 0 Å². The molecule has 2 rings (SSSR count). The van der Waals surface area contributed by atoms with Gasteiger partial charge in [-0.05, 0) is 24.6 Å². The first kappa shape index (κ1) is 12.0. The molecule has 0 saturated carbocycles. The van der Waals surface area contributed by atoms with Crippen LogP contribution in [-0.4, -0.2) is 21.0 Å². The van der Waals surface area contributed by atoms with E-state index in [4.69, 9.17) is 5.11 Å². The molecular formula is C12H10FN3O2. The third-order valence-corrected chi connectivity index (χ3v) is 2.26. The van der Waals surface area contributed by atoms with Crippen LogP contribution in [0.3, 0.4) is 0 Å². The number of aromatic carboxylic acids is 1. The fraction of sp³-hybridized carbons (Fsp3) is 0.0833. The van der Waals surface area contributed by atoms with E-state index in [1.807, 2.05) is 6.92 Å². The predicted octanol–water partition coefficient (Wildman–Crippen LogP) is 2.37. The molecule has 0 aliphatic carbocycles. The summed E-state index contributed by atoms with van der Waals surface area (Å²) < 4.78 is 13.5. The summed E-state index contributed by atoms with van der Waals surface area (Å²) in [7, 11) is 0. The fourth-order valence-electron chi connectivity index (χ4n) is 1.38. The molecule has 1 heterocycles. The van der Waals surface area contributed by atoms with E-state index in [-0.39, 0.29) is 17.2 Å². The zero-order chi connectivity index (χ0) is 13.1. The SMILES string of the molecule is Cc1ccc(F)c(Nc2cnc(C(=O)O)cn2)c1. The predicted molar refractivity (Wildman–Crippen MR) is 63.4 cm³/mol. The van der Waals surface area contributed by atoms with Crippen molar-refractivity contribution in [2.45, 2.75) is 6.92 Å².